The number of carbonyl (C=O) groups excluding carboxylic acids is 1. The topological polar surface area (TPSA) is 46.3 Å². The molecule has 3 nitrogen and oxygen atoms in total. The van der Waals surface area contributed by atoms with Gasteiger partial charge < -0.3 is 10.6 Å². The number of thioether (sulfide) groups is 1. The molecule has 0 bridgehead atoms. The molecule has 0 rings (SSSR count). The Labute approximate surface area is 117 Å². The maximum absolute atomic E-state index is 12.6. The molecule has 1 amide bonds. The van der Waals surface area contributed by atoms with Gasteiger partial charge in [0.15, 0.2) is 0 Å². The molecule has 0 unspecified atom stereocenters. The lowest BCUT2D eigenvalue weighted by molar-refractivity contribution is -0.167. The van der Waals surface area contributed by atoms with Gasteiger partial charge >= 0.3 is 6.18 Å². The SMILES string of the molecule is CCC(CC)N(CC(F)(F)F)C(=O)[C@@H](N)CCSC. The summed E-state index contributed by atoms with van der Waals surface area (Å²) < 4.78 is 37.7. The lowest BCUT2D eigenvalue weighted by Crippen LogP contribution is -2.51. The molecule has 0 aromatic rings. The van der Waals surface area contributed by atoms with Crippen LogP contribution >= 0.6 is 11.8 Å². The minimum Gasteiger partial charge on any atom is -0.329 e. The minimum atomic E-state index is -4.39. The molecule has 0 aliphatic rings. The Morgan fingerprint density at radius 3 is 2.21 bits per heavy atom. The Morgan fingerprint density at radius 2 is 1.84 bits per heavy atom. The number of halogens is 3. The zero-order valence-corrected chi connectivity index (χ0v) is 12.5. The first kappa shape index (κ1) is 18.6. The molecule has 0 saturated heterocycles. The average Bonchev–Trinajstić information content (AvgIpc) is 2.33. The number of carbonyl (C=O) groups is 1. The zero-order valence-electron chi connectivity index (χ0n) is 11.7. The van der Waals surface area contributed by atoms with E-state index in [4.69, 9.17) is 5.73 Å². The van der Waals surface area contributed by atoms with Crippen LogP contribution in [0.15, 0.2) is 0 Å². The highest BCUT2D eigenvalue weighted by Crippen LogP contribution is 2.21. The molecule has 0 fully saturated rings. The van der Waals surface area contributed by atoms with Crippen molar-refractivity contribution in [2.45, 2.75) is 51.4 Å². The van der Waals surface area contributed by atoms with Crippen LogP contribution in [-0.2, 0) is 4.79 Å². The van der Waals surface area contributed by atoms with E-state index in [2.05, 4.69) is 0 Å². The third kappa shape index (κ3) is 7.06. The highest BCUT2D eigenvalue weighted by Gasteiger charge is 2.36. The van der Waals surface area contributed by atoms with Crippen molar-refractivity contribution in [3.8, 4) is 0 Å². The van der Waals surface area contributed by atoms with Gasteiger partial charge in [-0.1, -0.05) is 13.8 Å². The lowest BCUT2D eigenvalue weighted by Gasteiger charge is -2.33. The van der Waals surface area contributed by atoms with E-state index in [-0.39, 0.29) is 0 Å². The maximum Gasteiger partial charge on any atom is 0.406 e. The zero-order chi connectivity index (χ0) is 15.1. The number of hydrogen-bond donors (Lipinski definition) is 1. The average molecular weight is 300 g/mol. The Balaban J connectivity index is 4.85. The quantitative estimate of drug-likeness (QED) is 0.749. The molecule has 0 aromatic carbocycles. The van der Waals surface area contributed by atoms with Gasteiger partial charge in [-0.15, -0.1) is 0 Å². The minimum absolute atomic E-state index is 0.397. The number of nitrogens with two attached hydrogens (primary N) is 1. The maximum atomic E-state index is 12.6. The van der Waals surface area contributed by atoms with Gasteiger partial charge in [-0.3, -0.25) is 4.79 Å². The van der Waals surface area contributed by atoms with E-state index in [0.717, 1.165) is 4.90 Å². The van der Waals surface area contributed by atoms with Crippen LogP contribution in [-0.4, -0.2) is 47.6 Å². The predicted molar refractivity (Wildman–Crippen MR) is 73.1 cm³/mol. The van der Waals surface area contributed by atoms with E-state index >= 15 is 0 Å². The summed E-state index contributed by atoms with van der Waals surface area (Å²) in [5.41, 5.74) is 5.70. The summed E-state index contributed by atoms with van der Waals surface area (Å²) in [5.74, 6) is 0.0652. The molecule has 0 saturated carbocycles. The van der Waals surface area contributed by atoms with Crippen molar-refractivity contribution in [2.75, 3.05) is 18.6 Å². The third-order valence-electron chi connectivity index (χ3n) is 2.97. The van der Waals surface area contributed by atoms with Crippen LogP contribution in [0.25, 0.3) is 0 Å². The monoisotopic (exact) mass is 300 g/mol. The summed E-state index contributed by atoms with van der Waals surface area (Å²) in [6.07, 6.45) is -1.14. The molecule has 7 heteroatoms. The van der Waals surface area contributed by atoms with Crippen LogP contribution < -0.4 is 5.73 Å². The first-order valence-electron chi connectivity index (χ1n) is 6.38. The van der Waals surface area contributed by atoms with E-state index in [1.807, 2.05) is 6.26 Å². The summed E-state index contributed by atoms with van der Waals surface area (Å²) in [4.78, 5) is 13.0. The van der Waals surface area contributed by atoms with E-state index < -0.39 is 30.7 Å². The van der Waals surface area contributed by atoms with Crippen molar-refractivity contribution in [1.82, 2.24) is 4.90 Å². The molecule has 114 valence electrons. The molecule has 0 aliphatic carbocycles. The Hall–Kier alpha value is -0.430. The van der Waals surface area contributed by atoms with Crippen molar-refractivity contribution in [3.05, 3.63) is 0 Å². The Kier molecular flexibility index (Phi) is 8.49. The molecule has 0 aromatic heterocycles. The van der Waals surface area contributed by atoms with Crippen molar-refractivity contribution in [2.24, 2.45) is 5.73 Å². The second-order valence-electron chi connectivity index (χ2n) is 4.44. The molecule has 1 atom stereocenters. The van der Waals surface area contributed by atoms with Crippen molar-refractivity contribution in [1.29, 1.82) is 0 Å². The van der Waals surface area contributed by atoms with Crippen LogP contribution in [0.4, 0.5) is 13.2 Å². The Morgan fingerprint density at radius 1 is 1.32 bits per heavy atom. The van der Waals surface area contributed by atoms with Gasteiger partial charge in [0.1, 0.15) is 6.54 Å². The van der Waals surface area contributed by atoms with E-state index in [0.29, 0.717) is 25.0 Å². The Bertz CT molecular complexity index is 270. The summed E-state index contributed by atoms with van der Waals surface area (Å²) in [7, 11) is 0. The van der Waals surface area contributed by atoms with E-state index in [1.165, 1.54) is 11.8 Å². The number of alkyl halides is 3. The summed E-state index contributed by atoms with van der Waals surface area (Å²) in [6, 6.07) is -1.26. The number of hydrogen-bond acceptors (Lipinski definition) is 3. The predicted octanol–water partition coefficient (Wildman–Crippen LogP) is 2.65. The fourth-order valence-electron chi connectivity index (χ4n) is 1.89. The van der Waals surface area contributed by atoms with Crippen LogP contribution in [0, 0.1) is 0 Å². The molecular weight excluding hydrogens is 277 g/mol. The fraction of sp³-hybridized carbons (Fsp3) is 0.917. The van der Waals surface area contributed by atoms with Gasteiger partial charge in [-0.05, 0) is 31.3 Å². The van der Waals surface area contributed by atoms with Crippen LogP contribution in [0.1, 0.15) is 33.1 Å². The van der Waals surface area contributed by atoms with Crippen LogP contribution in [0.2, 0.25) is 0 Å². The summed E-state index contributed by atoms with van der Waals surface area (Å²) in [5, 5.41) is 0. The molecule has 0 heterocycles. The fourth-order valence-corrected chi connectivity index (χ4v) is 2.38. The van der Waals surface area contributed by atoms with Gasteiger partial charge in [0.25, 0.3) is 0 Å². The van der Waals surface area contributed by atoms with Crippen molar-refractivity contribution >= 4 is 17.7 Å². The van der Waals surface area contributed by atoms with Gasteiger partial charge in [-0.2, -0.15) is 24.9 Å². The van der Waals surface area contributed by atoms with Crippen LogP contribution in [0.5, 0.6) is 0 Å². The van der Waals surface area contributed by atoms with Crippen molar-refractivity contribution < 1.29 is 18.0 Å². The molecule has 0 spiro atoms. The summed E-state index contributed by atoms with van der Waals surface area (Å²) in [6.45, 7) is 2.33. The normalized spacial score (nSPS) is 13.7. The number of rotatable bonds is 8. The standard InChI is InChI=1S/C12H23F3N2OS/c1-4-9(5-2)17(8-12(13,14)15)11(18)10(16)6-7-19-3/h9-10H,4-8,16H2,1-3H3/t10-/m0/s1. The van der Waals surface area contributed by atoms with E-state index in [1.54, 1.807) is 13.8 Å². The van der Waals surface area contributed by atoms with Gasteiger partial charge in [0, 0.05) is 6.04 Å². The molecule has 2 N–H and O–H groups in total. The summed E-state index contributed by atoms with van der Waals surface area (Å²) >= 11 is 1.52. The van der Waals surface area contributed by atoms with Gasteiger partial charge in [0.05, 0.1) is 6.04 Å². The number of nitrogens with zero attached hydrogens (tertiary/aromatic N) is 1. The first-order chi connectivity index (χ1) is 8.76. The smallest absolute Gasteiger partial charge is 0.329 e. The largest absolute Gasteiger partial charge is 0.406 e. The number of amides is 1. The molecule has 0 radical (unpaired) electrons. The second-order valence-corrected chi connectivity index (χ2v) is 5.43. The van der Waals surface area contributed by atoms with E-state index in [9.17, 15) is 18.0 Å². The highest BCUT2D eigenvalue weighted by atomic mass is 32.2. The molecule has 19 heavy (non-hydrogen) atoms. The van der Waals surface area contributed by atoms with Crippen molar-refractivity contribution in [3.63, 3.8) is 0 Å². The van der Waals surface area contributed by atoms with Gasteiger partial charge in [-0.25, -0.2) is 0 Å². The first-order valence-corrected chi connectivity index (χ1v) is 7.77. The molecule has 0 aliphatic heterocycles. The highest BCUT2D eigenvalue weighted by molar-refractivity contribution is 7.98. The van der Waals surface area contributed by atoms with Gasteiger partial charge in [0.2, 0.25) is 5.91 Å². The second kappa shape index (κ2) is 8.68. The third-order valence-corrected chi connectivity index (χ3v) is 3.61. The lowest BCUT2D eigenvalue weighted by atomic mass is 10.1. The molecular formula is C12H23F3N2OS. The van der Waals surface area contributed by atoms with Crippen LogP contribution in [0.3, 0.4) is 0 Å².